The number of hydrogen-bond acceptors (Lipinski definition) is 3. The van der Waals surface area contributed by atoms with Crippen molar-refractivity contribution in [3.63, 3.8) is 0 Å². The van der Waals surface area contributed by atoms with E-state index in [1.54, 1.807) is 0 Å². The zero-order chi connectivity index (χ0) is 10.8. The Hall–Kier alpha value is -0.940. The molecule has 1 aromatic carbocycles. The first-order valence-corrected chi connectivity index (χ1v) is 5.52. The molecule has 0 amide bonds. The standard InChI is InChI=1S/C8H6ClFO3S/c9-7-3-1-2-6(4-7)8(11)5-14(10,12)13/h1-4H,5H2. The van der Waals surface area contributed by atoms with Gasteiger partial charge >= 0.3 is 10.2 Å². The predicted octanol–water partition coefficient (Wildman–Crippen LogP) is 1.82. The summed E-state index contributed by atoms with van der Waals surface area (Å²) in [5, 5.41) is 0.298. The third-order valence-corrected chi connectivity index (χ3v) is 2.29. The van der Waals surface area contributed by atoms with Crippen molar-refractivity contribution in [3.05, 3.63) is 34.9 Å². The minimum atomic E-state index is -4.78. The second-order valence-electron chi connectivity index (χ2n) is 2.62. The lowest BCUT2D eigenvalue weighted by atomic mass is 10.1. The maximum atomic E-state index is 12.1. The third-order valence-electron chi connectivity index (χ3n) is 1.45. The molecule has 0 saturated heterocycles. The van der Waals surface area contributed by atoms with E-state index in [1.165, 1.54) is 24.3 Å². The molecule has 76 valence electrons. The number of Topliss-reactive ketones (excluding diaryl/α,β-unsaturated/α-hetero) is 1. The topological polar surface area (TPSA) is 51.2 Å². The molecule has 0 fully saturated rings. The van der Waals surface area contributed by atoms with Crippen molar-refractivity contribution in [3.8, 4) is 0 Å². The molecule has 1 aromatic rings. The number of ketones is 1. The van der Waals surface area contributed by atoms with Crippen molar-refractivity contribution in [1.82, 2.24) is 0 Å². The van der Waals surface area contributed by atoms with Crippen molar-refractivity contribution in [2.75, 3.05) is 5.75 Å². The zero-order valence-corrected chi connectivity index (χ0v) is 8.48. The molecule has 0 aliphatic carbocycles. The summed E-state index contributed by atoms with van der Waals surface area (Å²) in [6.07, 6.45) is 0. The van der Waals surface area contributed by atoms with Gasteiger partial charge in [0.25, 0.3) is 0 Å². The number of rotatable bonds is 3. The molecular weight excluding hydrogens is 231 g/mol. The summed E-state index contributed by atoms with van der Waals surface area (Å²) in [7, 11) is -4.78. The van der Waals surface area contributed by atoms with Gasteiger partial charge in [0.05, 0.1) is 0 Å². The minimum absolute atomic E-state index is 0.0822. The van der Waals surface area contributed by atoms with Crippen molar-refractivity contribution in [2.24, 2.45) is 0 Å². The van der Waals surface area contributed by atoms with Crippen molar-refractivity contribution >= 4 is 27.6 Å². The van der Waals surface area contributed by atoms with E-state index in [2.05, 4.69) is 0 Å². The van der Waals surface area contributed by atoms with Gasteiger partial charge in [-0.15, -0.1) is 3.89 Å². The molecule has 3 nitrogen and oxygen atoms in total. The van der Waals surface area contributed by atoms with Gasteiger partial charge in [-0.05, 0) is 12.1 Å². The highest BCUT2D eigenvalue weighted by molar-refractivity contribution is 7.87. The summed E-state index contributed by atoms with van der Waals surface area (Å²) in [5.74, 6) is -1.96. The Morgan fingerprint density at radius 3 is 2.57 bits per heavy atom. The van der Waals surface area contributed by atoms with E-state index in [9.17, 15) is 17.1 Å². The minimum Gasteiger partial charge on any atom is -0.293 e. The molecule has 0 bridgehead atoms. The highest BCUT2D eigenvalue weighted by atomic mass is 35.5. The smallest absolute Gasteiger partial charge is 0.293 e. The molecule has 1 rings (SSSR count). The number of hydrogen-bond donors (Lipinski definition) is 0. The first-order valence-electron chi connectivity index (χ1n) is 3.59. The van der Waals surface area contributed by atoms with Gasteiger partial charge in [0.1, 0.15) is 5.75 Å². The largest absolute Gasteiger partial charge is 0.309 e. The molecule has 0 atom stereocenters. The Labute approximate surface area is 85.7 Å². The van der Waals surface area contributed by atoms with Gasteiger partial charge in [-0.1, -0.05) is 23.7 Å². The lowest BCUT2D eigenvalue weighted by molar-refractivity contribution is 0.102. The van der Waals surface area contributed by atoms with Crippen LogP contribution in [0.15, 0.2) is 24.3 Å². The Bertz CT molecular complexity index is 455. The van der Waals surface area contributed by atoms with E-state index < -0.39 is 21.8 Å². The molecule has 0 aliphatic heterocycles. The van der Waals surface area contributed by atoms with E-state index in [0.29, 0.717) is 5.02 Å². The maximum absolute atomic E-state index is 12.1. The van der Waals surface area contributed by atoms with Gasteiger partial charge in [-0.3, -0.25) is 4.79 Å². The molecule has 0 N–H and O–H groups in total. The van der Waals surface area contributed by atoms with Gasteiger partial charge < -0.3 is 0 Å². The van der Waals surface area contributed by atoms with Gasteiger partial charge in [0.2, 0.25) is 0 Å². The van der Waals surface area contributed by atoms with Crippen LogP contribution in [-0.4, -0.2) is 20.0 Å². The van der Waals surface area contributed by atoms with Crippen LogP contribution in [0.1, 0.15) is 10.4 Å². The summed E-state index contributed by atoms with van der Waals surface area (Å²) in [6.45, 7) is 0. The van der Waals surface area contributed by atoms with Gasteiger partial charge in [0.15, 0.2) is 5.78 Å². The van der Waals surface area contributed by atoms with Crippen LogP contribution in [-0.2, 0) is 10.2 Å². The Morgan fingerprint density at radius 1 is 1.43 bits per heavy atom. The second kappa shape index (κ2) is 4.06. The van der Waals surface area contributed by atoms with Crippen molar-refractivity contribution in [1.29, 1.82) is 0 Å². The zero-order valence-electron chi connectivity index (χ0n) is 6.91. The molecule has 0 heterocycles. The lowest BCUT2D eigenvalue weighted by Gasteiger charge is -1.97. The molecule has 0 aliphatic rings. The average molecular weight is 237 g/mol. The molecule has 0 radical (unpaired) electrons. The first kappa shape index (κ1) is 11.1. The van der Waals surface area contributed by atoms with Gasteiger partial charge in [-0.25, -0.2) is 0 Å². The normalized spacial score (nSPS) is 11.3. The quantitative estimate of drug-likeness (QED) is 0.594. The number of carbonyl (C=O) groups excluding carboxylic acids is 1. The first-order chi connectivity index (χ1) is 6.38. The van der Waals surface area contributed by atoms with Gasteiger partial charge in [0, 0.05) is 10.6 Å². The lowest BCUT2D eigenvalue weighted by Crippen LogP contribution is -2.11. The molecule has 0 spiro atoms. The van der Waals surface area contributed by atoms with Crippen LogP contribution in [0.5, 0.6) is 0 Å². The van der Waals surface area contributed by atoms with E-state index in [0.717, 1.165) is 0 Å². The maximum Gasteiger partial charge on any atom is 0.309 e. The Kier molecular flexibility index (Phi) is 3.23. The monoisotopic (exact) mass is 236 g/mol. The molecule has 14 heavy (non-hydrogen) atoms. The Balaban J connectivity index is 2.91. The van der Waals surface area contributed by atoms with Crippen LogP contribution in [0.25, 0.3) is 0 Å². The fourth-order valence-electron chi connectivity index (χ4n) is 0.902. The molecule has 6 heteroatoms. The summed E-state index contributed by atoms with van der Waals surface area (Å²) < 4.78 is 32.5. The van der Waals surface area contributed by atoms with Crippen molar-refractivity contribution in [2.45, 2.75) is 0 Å². The van der Waals surface area contributed by atoms with Crippen LogP contribution in [0.4, 0.5) is 3.89 Å². The average Bonchev–Trinajstić information content (AvgIpc) is 2.01. The predicted molar refractivity (Wildman–Crippen MR) is 50.7 cm³/mol. The summed E-state index contributed by atoms with van der Waals surface area (Å²) in [6, 6.07) is 5.68. The fourth-order valence-corrected chi connectivity index (χ4v) is 1.57. The van der Waals surface area contributed by atoms with Crippen molar-refractivity contribution < 1.29 is 17.1 Å². The highest BCUT2D eigenvalue weighted by Gasteiger charge is 2.16. The SMILES string of the molecule is O=C(CS(=O)(=O)F)c1cccc(Cl)c1. The molecule has 0 aromatic heterocycles. The summed E-state index contributed by atoms with van der Waals surface area (Å²) in [5.41, 5.74) is 0.0822. The molecule has 0 saturated carbocycles. The molecular formula is C8H6ClFO3S. The second-order valence-corrected chi connectivity index (χ2v) is 4.42. The van der Waals surface area contributed by atoms with E-state index in [-0.39, 0.29) is 5.56 Å². The van der Waals surface area contributed by atoms with Gasteiger partial charge in [-0.2, -0.15) is 8.42 Å². The Morgan fingerprint density at radius 2 is 2.07 bits per heavy atom. The number of halogens is 2. The molecule has 0 unspecified atom stereocenters. The van der Waals surface area contributed by atoms with Crippen LogP contribution >= 0.6 is 11.6 Å². The fraction of sp³-hybridized carbons (Fsp3) is 0.125. The van der Waals surface area contributed by atoms with Crippen LogP contribution in [0, 0.1) is 0 Å². The third kappa shape index (κ3) is 3.43. The number of carbonyl (C=O) groups is 1. The summed E-state index contributed by atoms with van der Waals surface area (Å²) >= 11 is 5.56. The summed E-state index contributed by atoms with van der Waals surface area (Å²) in [4.78, 5) is 11.1. The van der Waals surface area contributed by atoms with Crippen LogP contribution < -0.4 is 0 Å². The van der Waals surface area contributed by atoms with Crippen LogP contribution in [0.3, 0.4) is 0 Å². The van der Waals surface area contributed by atoms with E-state index >= 15 is 0 Å². The van der Waals surface area contributed by atoms with Crippen LogP contribution in [0.2, 0.25) is 5.02 Å². The van der Waals surface area contributed by atoms with E-state index in [4.69, 9.17) is 11.6 Å². The highest BCUT2D eigenvalue weighted by Crippen LogP contribution is 2.12. The van der Waals surface area contributed by atoms with E-state index in [1.807, 2.05) is 0 Å². The number of benzene rings is 1.